The maximum absolute atomic E-state index is 13.2. The predicted molar refractivity (Wildman–Crippen MR) is 114 cm³/mol. The van der Waals surface area contributed by atoms with Gasteiger partial charge in [-0.1, -0.05) is 72.4 Å². The van der Waals surface area contributed by atoms with Gasteiger partial charge in [-0.2, -0.15) is 13.2 Å². The number of hydrogen-bond acceptors (Lipinski definition) is 3. The highest BCUT2D eigenvalue weighted by atomic mass is 32.2. The molecule has 2 aromatic carbocycles. The summed E-state index contributed by atoms with van der Waals surface area (Å²) >= 11 is 1.02. The highest BCUT2D eigenvalue weighted by Crippen LogP contribution is 2.41. The molecule has 0 spiro atoms. The molecule has 31 heavy (non-hydrogen) atoms. The highest BCUT2D eigenvalue weighted by molar-refractivity contribution is 7.99. The third kappa shape index (κ3) is 5.70. The largest absolute Gasteiger partial charge is 0.406 e. The van der Waals surface area contributed by atoms with Crippen LogP contribution in [0.3, 0.4) is 0 Å². The zero-order valence-electron chi connectivity index (χ0n) is 16.7. The summed E-state index contributed by atoms with van der Waals surface area (Å²) < 4.78 is 40.8. The minimum absolute atomic E-state index is 0.000840. The zero-order valence-corrected chi connectivity index (χ0v) is 17.5. The number of amides is 1. The van der Waals surface area contributed by atoms with Crippen molar-refractivity contribution in [3.8, 4) is 11.3 Å². The van der Waals surface area contributed by atoms with Crippen molar-refractivity contribution in [2.45, 2.75) is 36.8 Å². The Bertz CT molecular complexity index is 1020. The van der Waals surface area contributed by atoms with Gasteiger partial charge in [-0.25, -0.2) is 4.98 Å². The SMILES string of the molecule is O=C(CSc1ncc(-c2ccccc2)n1CC(F)(F)F)NC(c1ccccc1)C1CC1. The van der Waals surface area contributed by atoms with Crippen LogP contribution in [0.15, 0.2) is 72.0 Å². The summed E-state index contributed by atoms with van der Waals surface area (Å²) in [7, 11) is 0. The van der Waals surface area contributed by atoms with Crippen molar-refractivity contribution in [2.24, 2.45) is 5.92 Å². The van der Waals surface area contributed by atoms with Crippen LogP contribution in [0, 0.1) is 5.92 Å². The van der Waals surface area contributed by atoms with E-state index in [1.54, 1.807) is 30.3 Å². The first-order valence-electron chi connectivity index (χ1n) is 10.1. The van der Waals surface area contributed by atoms with Crippen molar-refractivity contribution in [1.29, 1.82) is 0 Å². The first-order chi connectivity index (χ1) is 14.9. The second kappa shape index (κ2) is 9.18. The molecule has 0 saturated heterocycles. The summed E-state index contributed by atoms with van der Waals surface area (Å²) in [6.07, 6.45) is -0.850. The Morgan fingerprint density at radius 3 is 2.35 bits per heavy atom. The molecule has 0 bridgehead atoms. The van der Waals surface area contributed by atoms with E-state index in [9.17, 15) is 18.0 Å². The Balaban J connectivity index is 1.47. The number of thioether (sulfide) groups is 1. The summed E-state index contributed by atoms with van der Waals surface area (Å²) in [6, 6.07) is 18.5. The van der Waals surface area contributed by atoms with Gasteiger partial charge >= 0.3 is 6.18 Å². The van der Waals surface area contributed by atoms with Crippen LogP contribution in [0.1, 0.15) is 24.4 Å². The molecule has 1 amide bonds. The quantitative estimate of drug-likeness (QED) is 0.468. The predicted octanol–water partition coefficient (Wildman–Crippen LogP) is 5.47. The van der Waals surface area contributed by atoms with Gasteiger partial charge in [0.25, 0.3) is 0 Å². The van der Waals surface area contributed by atoms with Crippen molar-refractivity contribution in [1.82, 2.24) is 14.9 Å². The fourth-order valence-electron chi connectivity index (χ4n) is 3.55. The lowest BCUT2D eigenvalue weighted by Crippen LogP contribution is -2.31. The summed E-state index contributed by atoms with van der Waals surface area (Å²) in [6.45, 7) is -1.16. The van der Waals surface area contributed by atoms with Crippen LogP contribution in [0.25, 0.3) is 11.3 Å². The maximum atomic E-state index is 13.2. The second-order valence-corrected chi connectivity index (χ2v) is 8.52. The van der Waals surface area contributed by atoms with E-state index >= 15 is 0 Å². The molecule has 1 unspecified atom stereocenters. The minimum Gasteiger partial charge on any atom is -0.348 e. The number of nitrogens with zero attached hydrogens (tertiary/aromatic N) is 2. The van der Waals surface area contributed by atoms with Crippen LogP contribution in [0.5, 0.6) is 0 Å². The number of benzene rings is 2. The lowest BCUT2D eigenvalue weighted by atomic mass is 10.0. The van der Waals surface area contributed by atoms with E-state index in [2.05, 4.69) is 10.3 Å². The molecule has 1 atom stereocenters. The van der Waals surface area contributed by atoms with Crippen LogP contribution >= 0.6 is 11.8 Å². The van der Waals surface area contributed by atoms with Gasteiger partial charge in [0.05, 0.1) is 23.7 Å². The maximum Gasteiger partial charge on any atom is 0.406 e. The Hall–Kier alpha value is -2.74. The van der Waals surface area contributed by atoms with Crippen LogP contribution in [-0.2, 0) is 11.3 Å². The first-order valence-corrected chi connectivity index (χ1v) is 11.0. The Morgan fingerprint density at radius 2 is 1.74 bits per heavy atom. The van der Waals surface area contributed by atoms with Crippen molar-refractivity contribution >= 4 is 17.7 Å². The van der Waals surface area contributed by atoms with Gasteiger partial charge in [0.15, 0.2) is 5.16 Å². The molecule has 0 aliphatic heterocycles. The molecule has 0 radical (unpaired) electrons. The summed E-state index contributed by atoms with van der Waals surface area (Å²) in [5.41, 5.74) is 2.07. The second-order valence-electron chi connectivity index (χ2n) is 7.58. The third-order valence-electron chi connectivity index (χ3n) is 5.13. The molecule has 4 nitrogen and oxygen atoms in total. The molecule has 8 heteroatoms. The molecule has 162 valence electrons. The average Bonchev–Trinajstić information content (AvgIpc) is 3.52. The molecule has 1 fully saturated rings. The molecule has 1 aliphatic rings. The number of aromatic nitrogens is 2. The lowest BCUT2D eigenvalue weighted by Gasteiger charge is -2.19. The van der Waals surface area contributed by atoms with Crippen molar-refractivity contribution in [3.63, 3.8) is 0 Å². The number of hydrogen-bond donors (Lipinski definition) is 1. The smallest absolute Gasteiger partial charge is 0.348 e. The van der Waals surface area contributed by atoms with E-state index < -0.39 is 12.7 Å². The van der Waals surface area contributed by atoms with E-state index in [4.69, 9.17) is 0 Å². The average molecular weight is 446 g/mol. The van der Waals surface area contributed by atoms with E-state index in [1.165, 1.54) is 6.20 Å². The van der Waals surface area contributed by atoms with E-state index in [-0.39, 0.29) is 22.9 Å². The Labute approximate surface area is 182 Å². The molecule has 1 aromatic heterocycles. The van der Waals surface area contributed by atoms with Gasteiger partial charge < -0.3 is 9.88 Å². The van der Waals surface area contributed by atoms with Crippen LogP contribution in [0.2, 0.25) is 0 Å². The molecule has 1 aliphatic carbocycles. The normalized spacial score (nSPS) is 14.9. The molecular formula is C23H22F3N3OS. The summed E-state index contributed by atoms with van der Waals surface area (Å²) in [4.78, 5) is 16.8. The van der Waals surface area contributed by atoms with E-state index in [0.29, 0.717) is 17.2 Å². The van der Waals surface area contributed by atoms with Crippen LogP contribution in [-0.4, -0.2) is 27.4 Å². The lowest BCUT2D eigenvalue weighted by molar-refractivity contribution is -0.141. The van der Waals surface area contributed by atoms with Crippen molar-refractivity contribution < 1.29 is 18.0 Å². The monoisotopic (exact) mass is 445 g/mol. The number of imidazole rings is 1. The van der Waals surface area contributed by atoms with Gasteiger partial charge in [-0.3, -0.25) is 4.79 Å². The third-order valence-corrected chi connectivity index (χ3v) is 6.12. The van der Waals surface area contributed by atoms with Gasteiger partial charge in [0.2, 0.25) is 5.91 Å². The van der Waals surface area contributed by atoms with Crippen molar-refractivity contribution in [2.75, 3.05) is 5.75 Å². The molecule has 4 rings (SSSR count). The number of nitrogens with one attached hydrogen (secondary N) is 1. The first kappa shape index (κ1) is 21.5. The molecule has 1 heterocycles. The van der Waals surface area contributed by atoms with Gasteiger partial charge in [-0.05, 0) is 29.9 Å². The highest BCUT2D eigenvalue weighted by Gasteiger charge is 2.34. The number of rotatable bonds is 8. The summed E-state index contributed by atoms with van der Waals surface area (Å²) in [5, 5.41) is 3.23. The standard InChI is InChI=1S/C23H22F3N3OS/c24-23(25,26)15-29-19(16-7-3-1-4-8-16)13-27-22(29)31-14-20(30)28-21(18-11-12-18)17-9-5-2-6-10-17/h1-10,13,18,21H,11-12,14-15H2,(H,28,30). The topological polar surface area (TPSA) is 46.9 Å². The van der Waals surface area contributed by atoms with Crippen LogP contribution < -0.4 is 5.32 Å². The fourth-order valence-corrected chi connectivity index (χ4v) is 4.34. The zero-order chi connectivity index (χ0) is 21.8. The number of carbonyl (C=O) groups is 1. The molecule has 1 N–H and O–H groups in total. The molecule has 3 aromatic rings. The number of halogens is 3. The Kier molecular flexibility index (Phi) is 6.36. The fraction of sp³-hybridized carbons (Fsp3) is 0.304. The molecule has 1 saturated carbocycles. The van der Waals surface area contributed by atoms with Gasteiger partial charge in [-0.15, -0.1) is 0 Å². The minimum atomic E-state index is -4.40. The van der Waals surface area contributed by atoms with Crippen molar-refractivity contribution in [3.05, 3.63) is 72.4 Å². The Morgan fingerprint density at radius 1 is 1.10 bits per heavy atom. The van der Waals surface area contributed by atoms with E-state index in [1.807, 2.05) is 30.3 Å². The number of carbonyl (C=O) groups excluding carboxylic acids is 1. The molecular weight excluding hydrogens is 423 g/mol. The van der Waals surface area contributed by atoms with Crippen LogP contribution in [0.4, 0.5) is 13.2 Å². The van der Waals surface area contributed by atoms with Gasteiger partial charge in [0.1, 0.15) is 6.54 Å². The summed E-state index contributed by atoms with van der Waals surface area (Å²) in [5.74, 6) is 0.195. The number of alkyl halides is 3. The van der Waals surface area contributed by atoms with Gasteiger partial charge in [0, 0.05) is 0 Å². The van der Waals surface area contributed by atoms with E-state index in [0.717, 1.165) is 34.7 Å².